The number of aryl methyl sites for hydroxylation is 1. The lowest BCUT2D eigenvalue weighted by Crippen LogP contribution is -2.25. The number of carbonyl (C=O) groups is 1. The molecule has 3 aromatic carbocycles. The van der Waals surface area contributed by atoms with Gasteiger partial charge in [-0.25, -0.2) is 4.98 Å². The highest BCUT2D eigenvalue weighted by atomic mass is 35.5. The molecule has 0 aliphatic rings. The average molecular weight is 424 g/mol. The normalized spacial score (nSPS) is 11.0. The molecule has 4 rings (SSSR count). The molecule has 0 saturated carbocycles. The highest BCUT2D eigenvalue weighted by molar-refractivity contribution is 6.36. The van der Waals surface area contributed by atoms with Gasteiger partial charge in [0.2, 0.25) is 0 Å². The molecule has 146 valence electrons. The number of rotatable bonds is 5. The highest BCUT2D eigenvalue weighted by Crippen LogP contribution is 2.27. The molecule has 6 heteroatoms. The molecule has 1 heterocycles. The molecule has 0 aliphatic heterocycles. The van der Waals surface area contributed by atoms with Crippen molar-refractivity contribution in [3.63, 3.8) is 0 Å². The molecule has 1 aromatic heterocycles. The number of hydrogen-bond donors (Lipinski definition) is 1. The Hall–Kier alpha value is -2.82. The number of para-hydroxylation sites is 2. The van der Waals surface area contributed by atoms with E-state index in [0.717, 1.165) is 28.0 Å². The van der Waals surface area contributed by atoms with Crippen molar-refractivity contribution in [2.24, 2.45) is 0 Å². The fraction of sp³-hybridized carbons (Fsp3) is 0.130. The van der Waals surface area contributed by atoms with Crippen LogP contribution in [-0.2, 0) is 13.1 Å². The van der Waals surface area contributed by atoms with Gasteiger partial charge in [0, 0.05) is 21.2 Å². The van der Waals surface area contributed by atoms with E-state index in [0.29, 0.717) is 28.7 Å². The van der Waals surface area contributed by atoms with Crippen molar-refractivity contribution in [3.05, 3.63) is 99.3 Å². The summed E-state index contributed by atoms with van der Waals surface area (Å²) in [6, 6.07) is 20.8. The zero-order valence-corrected chi connectivity index (χ0v) is 17.3. The lowest BCUT2D eigenvalue weighted by molar-refractivity contribution is 0.0949. The van der Waals surface area contributed by atoms with E-state index in [2.05, 4.69) is 5.32 Å². The quantitative estimate of drug-likeness (QED) is 0.451. The SMILES string of the molecule is Cc1cccc(C(=O)NCc2nc3ccccc3n2Cc2c(Cl)cccc2Cl)c1. The number of amides is 1. The van der Waals surface area contributed by atoms with E-state index in [4.69, 9.17) is 28.2 Å². The standard InChI is InChI=1S/C23H19Cl2N3O/c1-15-6-4-7-16(12-15)23(29)26-13-22-27-20-10-2-3-11-21(20)28(22)14-17-18(24)8-5-9-19(17)25/h2-12H,13-14H2,1H3,(H,26,29). The van der Waals surface area contributed by atoms with Crippen LogP contribution < -0.4 is 5.32 Å². The predicted molar refractivity (Wildman–Crippen MR) is 118 cm³/mol. The minimum Gasteiger partial charge on any atom is -0.345 e. The number of nitrogens with zero attached hydrogens (tertiary/aromatic N) is 2. The smallest absolute Gasteiger partial charge is 0.251 e. The van der Waals surface area contributed by atoms with Crippen molar-refractivity contribution < 1.29 is 4.79 Å². The van der Waals surface area contributed by atoms with Gasteiger partial charge in [-0.2, -0.15) is 0 Å². The molecule has 0 radical (unpaired) electrons. The second-order valence-electron chi connectivity index (χ2n) is 6.86. The van der Waals surface area contributed by atoms with Crippen LogP contribution in [0.2, 0.25) is 10.0 Å². The summed E-state index contributed by atoms with van der Waals surface area (Å²) in [7, 11) is 0. The Morgan fingerprint density at radius 2 is 1.72 bits per heavy atom. The number of carbonyl (C=O) groups excluding carboxylic acids is 1. The third-order valence-corrected chi connectivity index (χ3v) is 5.51. The van der Waals surface area contributed by atoms with Gasteiger partial charge >= 0.3 is 0 Å². The molecule has 0 aliphatic carbocycles. The lowest BCUT2D eigenvalue weighted by Gasteiger charge is -2.13. The van der Waals surface area contributed by atoms with E-state index in [1.807, 2.05) is 72.2 Å². The molecule has 0 bridgehead atoms. The molecule has 4 aromatic rings. The number of benzene rings is 3. The lowest BCUT2D eigenvalue weighted by atomic mass is 10.1. The Kier molecular flexibility index (Phi) is 5.56. The summed E-state index contributed by atoms with van der Waals surface area (Å²) in [6.07, 6.45) is 0. The van der Waals surface area contributed by atoms with Crippen molar-refractivity contribution in [2.45, 2.75) is 20.0 Å². The number of halogens is 2. The van der Waals surface area contributed by atoms with Gasteiger partial charge in [-0.3, -0.25) is 4.79 Å². The summed E-state index contributed by atoms with van der Waals surface area (Å²) in [4.78, 5) is 17.3. The molecule has 0 fully saturated rings. The monoisotopic (exact) mass is 423 g/mol. The Morgan fingerprint density at radius 1 is 1.00 bits per heavy atom. The molecule has 0 spiro atoms. The van der Waals surface area contributed by atoms with Crippen LogP contribution in [0, 0.1) is 6.92 Å². The minimum atomic E-state index is -0.136. The maximum atomic E-state index is 12.6. The Labute approximate surface area is 179 Å². The number of fused-ring (bicyclic) bond motifs is 1. The van der Waals surface area contributed by atoms with Gasteiger partial charge in [-0.15, -0.1) is 0 Å². The zero-order valence-electron chi connectivity index (χ0n) is 15.8. The first-order chi connectivity index (χ1) is 14.0. The van der Waals surface area contributed by atoms with Crippen LogP contribution in [-0.4, -0.2) is 15.5 Å². The predicted octanol–water partition coefficient (Wildman–Crippen LogP) is 5.63. The molecule has 29 heavy (non-hydrogen) atoms. The van der Waals surface area contributed by atoms with Crippen molar-refractivity contribution in [1.29, 1.82) is 0 Å². The fourth-order valence-corrected chi connectivity index (χ4v) is 3.84. The summed E-state index contributed by atoms with van der Waals surface area (Å²) < 4.78 is 2.04. The first kappa shape index (κ1) is 19.5. The van der Waals surface area contributed by atoms with E-state index < -0.39 is 0 Å². The molecule has 1 N–H and O–H groups in total. The van der Waals surface area contributed by atoms with Crippen LogP contribution in [0.3, 0.4) is 0 Å². The van der Waals surface area contributed by atoms with Crippen molar-refractivity contribution in [2.75, 3.05) is 0 Å². The van der Waals surface area contributed by atoms with Crippen LogP contribution in [0.25, 0.3) is 11.0 Å². The van der Waals surface area contributed by atoms with E-state index >= 15 is 0 Å². The van der Waals surface area contributed by atoms with Crippen LogP contribution in [0.15, 0.2) is 66.7 Å². The maximum Gasteiger partial charge on any atom is 0.251 e. The molecule has 0 atom stereocenters. The van der Waals surface area contributed by atoms with Crippen molar-refractivity contribution >= 4 is 40.1 Å². The van der Waals surface area contributed by atoms with Crippen LogP contribution in [0.1, 0.15) is 27.3 Å². The van der Waals surface area contributed by atoms with Gasteiger partial charge in [0.1, 0.15) is 5.82 Å². The summed E-state index contributed by atoms with van der Waals surface area (Å²) in [6.45, 7) is 2.72. The van der Waals surface area contributed by atoms with E-state index in [1.165, 1.54) is 0 Å². The fourth-order valence-electron chi connectivity index (χ4n) is 3.33. The van der Waals surface area contributed by atoms with Gasteiger partial charge in [0.05, 0.1) is 24.1 Å². The van der Waals surface area contributed by atoms with Crippen molar-refractivity contribution in [1.82, 2.24) is 14.9 Å². The number of nitrogens with one attached hydrogen (secondary N) is 1. The second-order valence-corrected chi connectivity index (χ2v) is 7.67. The second kappa shape index (κ2) is 8.27. The number of imidazole rings is 1. The van der Waals surface area contributed by atoms with E-state index in [9.17, 15) is 4.79 Å². The third kappa shape index (κ3) is 4.14. The summed E-state index contributed by atoms with van der Waals surface area (Å²) in [5.74, 6) is 0.603. The molecule has 0 unspecified atom stereocenters. The van der Waals surface area contributed by atoms with Crippen LogP contribution in [0.5, 0.6) is 0 Å². The Balaban J connectivity index is 1.66. The number of hydrogen-bond acceptors (Lipinski definition) is 2. The molecular weight excluding hydrogens is 405 g/mol. The highest BCUT2D eigenvalue weighted by Gasteiger charge is 2.15. The minimum absolute atomic E-state index is 0.136. The average Bonchev–Trinajstić information content (AvgIpc) is 3.06. The van der Waals surface area contributed by atoms with Crippen LogP contribution in [0.4, 0.5) is 0 Å². The first-order valence-corrected chi connectivity index (χ1v) is 10.0. The van der Waals surface area contributed by atoms with E-state index in [-0.39, 0.29) is 5.91 Å². The molecule has 0 saturated heterocycles. The van der Waals surface area contributed by atoms with Gasteiger partial charge in [0.25, 0.3) is 5.91 Å². The maximum absolute atomic E-state index is 12.6. The molecule has 1 amide bonds. The van der Waals surface area contributed by atoms with Gasteiger partial charge in [0.15, 0.2) is 0 Å². The zero-order chi connectivity index (χ0) is 20.4. The Morgan fingerprint density at radius 3 is 2.48 bits per heavy atom. The van der Waals surface area contributed by atoms with Crippen LogP contribution >= 0.6 is 23.2 Å². The first-order valence-electron chi connectivity index (χ1n) is 9.25. The molecule has 4 nitrogen and oxygen atoms in total. The van der Waals surface area contributed by atoms with Crippen molar-refractivity contribution in [3.8, 4) is 0 Å². The third-order valence-electron chi connectivity index (χ3n) is 4.80. The van der Waals surface area contributed by atoms with Gasteiger partial charge in [-0.1, -0.05) is 59.1 Å². The van der Waals surface area contributed by atoms with E-state index in [1.54, 1.807) is 6.07 Å². The number of aromatic nitrogens is 2. The molecular formula is C23H19Cl2N3O. The van der Waals surface area contributed by atoms with Gasteiger partial charge < -0.3 is 9.88 Å². The summed E-state index contributed by atoms with van der Waals surface area (Å²) >= 11 is 12.8. The summed E-state index contributed by atoms with van der Waals surface area (Å²) in [5, 5.41) is 4.17. The van der Waals surface area contributed by atoms with Gasteiger partial charge in [-0.05, 0) is 43.3 Å². The Bertz CT molecular complexity index is 1180. The topological polar surface area (TPSA) is 46.9 Å². The largest absolute Gasteiger partial charge is 0.345 e. The summed E-state index contributed by atoms with van der Waals surface area (Å²) in [5.41, 5.74) is 4.31.